The molecule has 0 heterocycles. The summed E-state index contributed by atoms with van der Waals surface area (Å²) in [5.74, 6) is 1.21. The maximum Gasteiger partial charge on any atom is 0.224 e. The molecular formula is C17H29IN4O2. The zero-order chi connectivity index (χ0) is 17.5. The van der Waals surface area contributed by atoms with Crippen LogP contribution in [0.15, 0.2) is 29.3 Å². The monoisotopic (exact) mass is 448 g/mol. The molecule has 0 aromatic heterocycles. The molecule has 1 aromatic carbocycles. The molecule has 0 fully saturated rings. The molecule has 0 aliphatic carbocycles. The zero-order valence-electron chi connectivity index (χ0n) is 15.1. The molecule has 0 saturated heterocycles. The van der Waals surface area contributed by atoms with E-state index in [1.54, 1.807) is 21.0 Å². The molecule has 24 heavy (non-hydrogen) atoms. The molecule has 1 amide bonds. The lowest BCUT2D eigenvalue weighted by Gasteiger charge is -2.25. The van der Waals surface area contributed by atoms with Crippen LogP contribution in [-0.2, 0) is 11.3 Å². The van der Waals surface area contributed by atoms with E-state index in [0.717, 1.165) is 23.8 Å². The molecule has 3 N–H and O–H groups in total. The van der Waals surface area contributed by atoms with Crippen LogP contribution in [0.2, 0.25) is 0 Å². The minimum Gasteiger partial charge on any atom is -0.496 e. The van der Waals surface area contributed by atoms with Crippen molar-refractivity contribution in [2.75, 3.05) is 27.2 Å². The van der Waals surface area contributed by atoms with Crippen LogP contribution in [0.3, 0.4) is 0 Å². The molecule has 0 aliphatic rings. The molecule has 0 unspecified atom stereocenters. The van der Waals surface area contributed by atoms with E-state index in [1.807, 2.05) is 43.1 Å². The van der Waals surface area contributed by atoms with Gasteiger partial charge >= 0.3 is 0 Å². The summed E-state index contributed by atoms with van der Waals surface area (Å²) in [4.78, 5) is 18.0. The van der Waals surface area contributed by atoms with Crippen molar-refractivity contribution in [1.29, 1.82) is 0 Å². The Balaban J connectivity index is 0.00000529. The lowest BCUT2D eigenvalue weighted by Crippen LogP contribution is -2.40. The van der Waals surface area contributed by atoms with Gasteiger partial charge in [-0.3, -0.25) is 9.79 Å². The highest BCUT2D eigenvalue weighted by atomic mass is 127. The van der Waals surface area contributed by atoms with Gasteiger partial charge in [-0.1, -0.05) is 18.2 Å². The number of primary amides is 1. The first-order chi connectivity index (χ1) is 10.8. The molecule has 6 nitrogen and oxygen atoms in total. The molecule has 1 aromatic rings. The Bertz CT molecular complexity index is 561. The van der Waals surface area contributed by atoms with Crippen LogP contribution in [-0.4, -0.2) is 44.0 Å². The largest absolute Gasteiger partial charge is 0.496 e. The van der Waals surface area contributed by atoms with E-state index in [-0.39, 0.29) is 29.9 Å². The Morgan fingerprint density at radius 2 is 2.00 bits per heavy atom. The normalized spacial score (nSPS) is 11.5. The van der Waals surface area contributed by atoms with Crippen LogP contribution in [0.1, 0.15) is 26.3 Å². The number of ether oxygens (including phenoxy) is 1. The SMILES string of the molecule is CCNC(=NCC(C)(C)C(N)=O)N(C)Cc1ccccc1OC.I. The van der Waals surface area contributed by atoms with Gasteiger partial charge in [-0.15, -0.1) is 24.0 Å². The van der Waals surface area contributed by atoms with E-state index in [2.05, 4.69) is 10.3 Å². The standard InChI is InChI=1S/C17H28N4O2.HI/c1-6-19-16(20-12-17(2,3)15(18)22)21(4)11-13-9-7-8-10-14(13)23-5;/h7-10H,6,11-12H2,1-5H3,(H2,18,22)(H,19,20);1H. The maximum atomic E-state index is 11.4. The van der Waals surface area contributed by atoms with E-state index in [1.165, 1.54) is 0 Å². The average Bonchev–Trinajstić information content (AvgIpc) is 2.51. The van der Waals surface area contributed by atoms with Crippen molar-refractivity contribution in [3.05, 3.63) is 29.8 Å². The van der Waals surface area contributed by atoms with Gasteiger partial charge in [-0.2, -0.15) is 0 Å². The third kappa shape index (κ3) is 6.54. The quantitative estimate of drug-likeness (QED) is 0.381. The molecular weight excluding hydrogens is 419 g/mol. The van der Waals surface area contributed by atoms with E-state index in [0.29, 0.717) is 13.1 Å². The Labute approximate surface area is 161 Å². The molecule has 0 bridgehead atoms. The number of guanidine groups is 1. The summed E-state index contributed by atoms with van der Waals surface area (Å²) in [5.41, 5.74) is 5.80. The van der Waals surface area contributed by atoms with E-state index >= 15 is 0 Å². The molecule has 0 spiro atoms. The lowest BCUT2D eigenvalue weighted by molar-refractivity contribution is -0.125. The number of methoxy groups -OCH3 is 1. The van der Waals surface area contributed by atoms with Crippen molar-refractivity contribution >= 4 is 35.8 Å². The number of hydrogen-bond acceptors (Lipinski definition) is 3. The number of nitrogens with one attached hydrogen (secondary N) is 1. The Morgan fingerprint density at radius 1 is 1.38 bits per heavy atom. The first-order valence-corrected chi connectivity index (χ1v) is 7.73. The summed E-state index contributed by atoms with van der Waals surface area (Å²) < 4.78 is 5.38. The van der Waals surface area contributed by atoms with Gasteiger partial charge in [-0.25, -0.2) is 0 Å². The van der Waals surface area contributed by atoms with Gasteiger partial charge in [0.2, 0.25) is 5.91 Å². The van der Waals surface area contributed by atoms with Crippen LogP contribution in [0.5, 0.6) is 5.75 Å². The van der Waals surface area contributed by atoms with Crippen molar-refractivity contribution in [3.8, 4) is 5.75 Å². The van der Waals surface area contributed by atoms with Crippen molar-refractivity contribution in [3.63, 3.8) is 0 Å². The highest BCUT2D eigenvalue weighted by Crippen LogP contribution is 2.19. The third-order valence-corrected chi connectivity index (χ3v) is 3.59. The topological polar surface area (TPSA) is 79.9 Å². The van der Waals surface area contributed by atoms with Gasteiger partial charge in [0.05, 0.1) is 19.1 Å². The van der Waals surface area contributed by atoms with E-state index in [9.17, 15) is 4.79 Å². The van der Waals surface area contributed by atoms with Crippen LogP contribution in [0.25, 0.3) is 0 Å². The number of nitrogens with two attached hydrogens (primary N) is 1. The number of carbonyl (C=O) groups excluding carboxylic acids is 1. The number of rotatable bonds is 7. The summed E-state index contributed by atoms with van der Waals surface area (Å²) in [6, 6.07) is 7.87. The predicted octanol–water partition coefficient (Wildman–Crippen LogP) is 2.22. The molecule has 0 saturated carbocycles. The second-order valence-corrected chi connectivity index (χ2v) is 6.09. The van der Waals surface area contributed by atoms with Crippen molar-refractivity contribution in [1.82, 2.24) is 10.2 Å². The second-order valence-electron chi connectivity index (χ2n) is 6.09. The van der Waals surface area contributed by atoms with Gasteiger partial charge in [0, 0.05) is 25.7 Å². The van der Waals surface area contributed by atoms with Gasteiger partial charge < -0.3 is 20.7 Å². The van der Waals surface area contributed by atoms with Crippen molar-refractivity contribution in [2.45, 2.75) is 27.3 Å². The smallest absolute Gasteiger partial charge is 0.224 e. The molecule has 0 atom stereocenters. The molecule has 0 aliphatic heterocycles. The molecule has 7 heteroatoms. The molecule has 1 rings (SSSR count). The van der Waals surface area contributed by atoms with Gasteiger partial charge in [0.15, 0.2) is 5.96 Å². The highest BCUT2D eigenvalue weighted by molar-refractivity contribution is 14.0. The fraction of sp³-hybridized carbons (Fsp3) is 0.529. The summed E-state index contributed by atoms with van der Waals surface area (Å²) in [6.07, 6.45) is 0. The summed E-state index contributed by atoms with van der Waals surface area (Å²) in [6.45, 7) is 7.32. The average molecular weight is 448 g/mol. The predicted molar refractivity (Wildman–Crippen MR) is 109 cm³/mol. The van der Waals surface area contributed by atoms with E-state index in [4.69, 9.17) is 10.5 Å². The van der Waals surface area contributed by atoms with Crippen molar-refractivity contribution in [2.24, 2.45) is 16.1 Å². The van der Waals surface area contributed by atoms with Crippen LogP contribution < -0.4 is 15.8 Å². The number of amides is 1. The third-order valence-electron chi connectivity index (χ3n) is 3.59. The van der Waals surface area contributed by atoms with Crippen LogP contribution in [0, 0.1) is 5.41 Å². The number of nitrogens with zero attached hydrogens (tertiary/aromatic N) is 2. The van der Waals surface area contributed by atoms with Crippen LogP contribution in [0.4, 0.5) is 0 Å². The van der Waals surface area contributed by atoms with Gasteiger partial charge in [0.25, 0.3) is 0 Å². The van der Waals surface area contributed by atoms with Gasteiger partial charge in [-0.05, 0) is 26.8 Å². The van der Waals surface area contributed by atoms with Gasteiger partial charge in [0.1, 0.15) is 5.75 Å². The lowest BCUT2D eigenvalue weighted by atomic mass is 9.93. The van der Waals surface area contributed by atoms with Crippen molar-refractivity contribution < 1.29 is 9.53 Å². The highest BCUT2D eigenvalue weighted by Gasteiger charge is 2.25. The zero-order valence-corrected chi connectivity index (χ0v) is 17.5. The number of hydrogen-bond donors (Lipinski definition) is 2. The molecule has 0 radical (unpaired) electrons. The second kappa shape index (κ2) is 10.4. The summed E-state index contributed by atoms with van der Waals surface area (Å²) in [5, 5.41) is 3.23. The minimum atomic E-state index is -0.675. The first kappa shape index (κ1) is 22.5. The number of halogens is 1. The summed E-state index contributed by atoms with van der Waals surface area (Å²) >= 11 is 0. The Kier molecular flexibility index (Phi) is 9.72. The Hall–Kier alpha value is -1.51. The fourth-order valence-electron chi connectivity index (χ4n) is 1.98. The number of carbonyl (C=O) groups is 1. The first-order valence-electron chi connectivity index (χ1n) is 7.73. The number of para-hydroxylation sites is 1. The maximum absolute atomic E-state index is 11.4. The Morgan fingerprint density at radius 3 is 2.54 bits per heavy atom. The van der Waals surface area contributed by atoms with Crippen LogP contribution >= 0.6 is 24.0 Å². The fourth-order valence-corrected chi connectivity index (χ4v) is 1.98. The van der Waals surface area contributed by atoms with E-state index < -0.39 is 5.41 Å². The number of aliphatic imine (C=N–C) groups is 1. The minimum absolute atomic E-state index is 0. The number of benzene rings is 1. The molecule has 136 valence electrons. The summed E-state index contributed by atoms with van der Waals surface area (Å²) in [7, 11) is 3.61.